The van der Waals surface area contributed by atoms with Gasteiger partial charge in [-0.05, 0) is 75.0 Å². The molecule has 1 fully saturated rings. The van der Waals surface area contributed by atoms with E-state index >= 15 is 0 Å². The highest BCUT2D eigenvalue weighted by atomic mass is 16.5. The molecule has 9 heteroatoms. The second kappa shape index (κ2) is 10.2. The van der Waals surface area contributed by atoms with E-state index < -0.39 is 0 Å². The summed E-state index contributed by atoms with van der Waals surface area (Å²) in [4.78, 5) is 19.8. The van der Waals surface area contributed by atoms with Gasteiger partial charge in [0.1, 0.15) is 12.4 Å². The summed E-state index contributed by atoms with van der Waals surface area (Å²) in [6.07, 6.45) is 4.03. The normalized spacial score (nSPS) is 13.9. The van der Waals surface area contributed by atoms with Gasteiger partial charge in [0.25, 0.3) is 5.91 Å². The zero-order chi connectivity index (χ0) is 27.9. The summed E-state index contributed by atoms with van der Waals surface area (Å²) in [5, 5.41) is 12.8. The zero-order valence-electron chi connectivity index (χ0n) is 22.9. The van der Waals surface area contributed by atoms with Gasteiger partial charge in [-0.3, -0.25) is 9.78 Å². The standard InChI is InChI=1S/C31H31N5O4/c1-19-14-29(35-40-19)34-30(37)23-7-5-6-20-15-21(8-9-22(20)23)33-25-10-13-32-26-17-28(27(38-4)16-24(25)26)39-18-31(11-12-31)36(2)3/h5-10,13-17H,11-12,18H2,1-4H3,(H,32,33)(H,34,35,37). The van der Waals surface area contributed by atoms with Gasteiger partial charge in [0, 0.05) is 40.7 Å². The monoisotopic (exact) mass is 537 g/mol. The summed E-state index contributed by atoms with van der Waals surface area (Å²) in [5.74, 6) is 2.11. The van der Waals surface area contributed by atoms with E-state index in [1.54, 1.807) is 32.4 Å². The van der Waals surface area contributed by atoms with Crippen molar-refractivity contribution in [1.82, 2.24) is 15.0 Å². The maximum absolute atomic E-state index is 12.9. The molecule has 0 bridgehead atoms. The molecule has 204 valence electrons. The Labute approximate surface area is 232 Å². The number of amides is 1. The van der Waals surface area contributed by atoms with E-state index in [1.807, 2.05) is 48.5 Å². The molecule has 2 aromatic heterocycles. The Morgan fingerprint density at radius 1 is 1.05 bits per heavy atom. The van der Waals surface area contributed by atoms with E-state index in [0.29, 0.717) is 35.2 Å². The Morgan fingerprint density at radius 2 is 1.90 bits per heavy atom. The minimum Gasteiger partial charge on any atom is -0.493 e. The van der Waals surface area contributed by atoms with Gasteiger partial charge >= 0.3 is 0 Å². The number of aromatic nitrogens is 2. The van der Waals surface area contributed by atoms with E-state index in [-0.39, 0.29) is 11.4 Å². The first-order valence-electron chi connectivity index (χ1n) is 13.2. The molecule has 6 rings (SSSR count). The zero-order valence-corrected chi connectivity index (χ0v) is 22.9. The Hall–Kier alpha value is -4.63. The molecule has 1 amide bonds. The van der Waals surface area contributed by atoms with Crippen LogP contribution in [0.4, 0.5) is 17.2 Å². The highest BCUT2D eigenvalue weighted by molar-refractivity contribution is 6.13. The molecule has 0 unspecified atom stereocenters. The summed E-state index contributed by atoms with van der Waals surface area (Å²) in [5.41, 5.74) is 3.22. The van der Waals surface area contributed by atoms with Crippen LogP contribution >= 0.6 is 0 Å². The number of benzene rings is 3. The van der Waals surface area contributed by atoms with Gasteiger partial charge in [-0.25, -0.2) is 0 Å². The van der Waals surface area contributed by atoms with Crippen molar-refractivity contribution < 1.29 is 18.8 Å². The molecular formula is C31H31N5O4. The molecule has 1 aliphatic rings. The van der Waals surface area contributed by atoms with Gasteiger partial charge < -0.3 is 29.5 Å². The van der Waals surface area contributed by atoms with Crippen molar-refractivity contribution in [3.8, 4) is 11.5 Å². The molecule has 0 aliphatic heterocycles. The molecule has 0 radical (unpaired) electrons. The number of nitrogens with zero attached hydrogens (tertiary/aromatic N) is 3. The first kappa shape index (κ1) is 25.6. The number of aryl methyl sites for hydroxylation is 1. The first-order chi connectivity index (χ1) is 19.3. The van der Waals surface area contributed by atoms with Crippen molar-refractivity contribution in [2.45, 2.75) is 25.3 Å². The van der Waals surface area contributed by atoms with Crippen LogP contribution in [0.15, 0.2) is 71.4 Å². The lowest BCUT2D eigenvalue weighted by molar-refractivity contribution is 0.102. The lowest BCUT2D eigenvalue weighted by Gasteiger charge is -2.24. The van der Waals surface area contributed by atoms with Crippen LogP contribution in [0.25, 0.3) is 21.7 Å². The number of pyridine rings is 1. The first-order valence-corrected chi connectivity index (χ1v) is 13.2. The quantitative estimate of drug-likeness (QED) is 0.230. The molecule has 3 aromatic carbocycles. The number of ether oxygens (including phenoxy) is 2. The van der Waals surface area contributed by atoms with Crippen LogP contribution in [-0.4, -0.2) is 54.3 Å². The molecule has 1 aliphatic carbocycles. The minimum atomic E-state index is -0.247. The van der Waals surface area contributed by atoms with Crippen molar-refractivity contribution in [1.29, 1.82) is 0 Å². The van der Waals surface area contributed by atoms with Crippen LogP contribution in [0, 0.1) is 6.92 Å². The Balaban J connectivity index is 1.26. The second-order valence-electron chi connectivity index (χ2n) is 10.4. The Bertz CT molecular complexity index is 1720. The molecule has 9 nitrogen and oxygen atoms in total. The molecule has 0 saturated heterocycles. The third-order valence-corrected chi connectivity index (χ3v) is 7.57. The third kappa shape index (κ3) is 4.91. The molecule has 40 heavy (non-hydrogen) atoms. The molecule has 5 aromatic rings. The fraction of sp³-hybridized carbons (Fsp3) is 0.258. The number of carbonyl (C=O) groups is 1. The van der Waals surface area contributed by atoms with Gasteiger partial charge in [-0.1, -0.05) is 23.4 Å². The lowest BCUT2D eigenvalue weighted by Crippen LogP contribution is -2.35. The largest absolute Gasteiger partial charge is 0.493 e. The predicted octanol–water partition coefficient (Wildman–Crippen LogP) is 6.16. The fourth-order valence-electron chi connectivity index (χ4n) is 4.94. The number of rotatable bonds is 9. The highest BCUT2D eigenvalue weighted by Gasteiger charge is 2.45. The van der Waals surface area contributed by atoms with Crippen LogP contribution in [0.2, 0.25) is 0 Å². The smallest absolute Gasteiger partial charge is 0.257 e. The van der Waals surface area contributed by atoms with Gasteiger partial charge in [0.05, 0.1) is 18.2 Å². The predicted molar refractivity (Wildman–Crippen MR) is 156 cm³/mol. The maximum Gasteiger partial charge on any atom is 0.257 e. The molecule has 2 N–H and O–H groups in total. The average molecular weight is 538 g/mol. The third-order valence-electron chi connectivity index (χ3n) is 7.57. The van der Waals surface area contributed by atoms with Crippen LogP contribution in [0.3, 0.4) is 0 Å². The SMILES string of the molecule is COc1cc2c(Nc3ccc4c(C(=O)Nc5cc(C)on5)cccc4c3)ccnc2cc1OCC1(N(C)C)CC1. The Morgan fingerprint density at radius 3 is 2.62 bits per heavy atom. The van der Waals surface area contributed by atoms with Gasteiger partial charge in [-0.2, -0.15) is 0 Å². The van der Waals surface area contributed by atoms with Crippen molar-refractivity contribution in [2.24, 2.45) is 0 Å². The van der Waals surface area contributed by atoms with E-state index in [4.69, 9.17) is 14.0 Å². The van der Waals surface area contributed by atoms with Crippen molar-refractivity contribution >= 4 is 44.8 Å². The maximum atomic E-state index is 12.9. The van der Waals surface area contributed by atoms with Gasteiger partial charge in [0.15, 0.2) is 17.3 Å². The number of anilines is 3. The van der Waals surface area contributed by atoms with Crippen LogP contribution in [0.5, 0.6) is 11.5 Å². The summed E-state index contributed by atoms with van der Waals surface area (Å²) in [7, 11) is 5.84. The van der Waals surface area contributed by atoms with Gasteiger partial charge in [-0.15, -0.1) is 0 Å². The molecule has 0 spiro atoms. The minimum absolute atomic E-state index is 0.0998. The lowest BCUT2D eigenvalue weighted by atomic mass is 10.0. The van der Waals surface area contributed by atoms with Crippen LogP contribution in [0.1, 0.15) is 29.0 Å². The number of likely N-dealkylation sites (N-methyl/N-ethyl adjacent to an activating group) is 1. The van der Waals surface area contributed by atoms with Crippen molar-refractivity contribution in [3.05, 3.63) is 78.2 Å². The van der Waals surface area contributed by atoms with E-state index in [0.717, 1.165) is 45.9 Å². The fourth-order valence-corrected chi connectivity index (χ4v) is 4.94. The number of fused-ring (bicyclic) bond motifs is 2. The summed E-state index contributed by atoms with van der Waals surface area (Å²) < 4.78 is 17.0. The molecule has 1 saturated carbocycles. The number of methoxy groups -OCH3 is 1. The number of hydrogen-bond donors (Lipinski definition) is 2. The van der Waals surface area contributed by atoms with Crippen LogP contribution < -0.4 is 20.1 Å². The molecule has 0 atom stereocenters. The number of carbonyl (C=O) groups excluding carboxylic acids is 1. The highest BCUT2D eigenvalue weighted by Crippen LogP contribution is 2.42. The average Bonchev–Trinajstić information content (AvgIpc) is 3.65. The van der Waals surface area contributed by atoms with Crippen molar-refractivity contribution in [3.63, 3.8) is 0 Å². The summed E-state index contributed by atoms with van der Waals surface area (Å²) in [6, 6.07) is 19.1. The summed E-state index contributed by atoms with van der Waals surface area (Å²) >= 11 is 0. The topological polar surface area (TPSA) is 102 Å². The van der Waals surface area contributed by atoms with E-state index in [9.17, 15) is 4.79 Å². The van der Waals surface area contributed by atoms with Gasteiger partial charge in [0.2, 0.25) is 0 Å². The van der Waals surface area contributed by atoms with Crippen molar-refractivity contribution in [2.75, 3.05) is 38.4 Å². The number of nitrogens with one attached hydrogen (secondary N) is 2. The van der Waals surface area contributed by atoms with E-state index in [1.165, 1.54) is 0 Å². The number of hydrogen-bond acceptors (Lipinski definition) is 8. The van der Waals surface area contributed by atoms with E-state index in [2.05, 4.69) is 39.8 Å². The molecular weight excluding hydrogens is 506 g/mol. The Kier molecular flexibility index (Phi) is 6.51. The van der Waals surface area contributed by atoms with Crippen LogP contribution in [-0.2, 0) is 0 Å². The second-order valence-corrected chi connectivity index (χ2v) is 10.4. The summed E-state index contributed by atoms with van der Waals surface area (Å²) in [6.45, 7) is 2.38. The molecule has 2 heterocycles.